The van der Waals surface area contributed by atoms with Crippen molar-refractivity contribution in [2.75, 3.05) is 6.54 Å². The summed E-state index contributed by atoms with van der Waals surface area (Å²) in [7, 11) is 1.91. The van der Waals surface area contributed by atoms with Gasteiger partial charge in [0.15, 0.2) is 0 Å². The van der Waals surface area contributed by atoms with Gasteiger partial charge in [0, 0.05) is 23.9 Å². The Hall–Kier alpha value is -2.10. The Balaban J connectivity index is 2.39. The molecule has 1 unspecified atom stereocenters. The van der Waals surface area contributed by atoms with Crippen molar-refractivity contribution in [3.63, 3.8) is 0 Å². The lowest BCUT2D eigenvalue weighted by Gasteiger charge is -2.15. The molecule has 0 N–H and O–H groups in total. The van der Waals surface area contributed by atoms with Crippen LogP contribution in [0.25, 0.3) is 0 Å². The highest BCUT2D eigenvalue weighted by Crippen LogP contribution is 2.25. The van der Waals surface area contributed by atoms with E-state index in [4.69, 9.17) is 0 Å². The van der Waals surface area contributed by atoms with Crippen molar-refractivity contribution in [2.45, 2.75) is 12.8 Å². The zero-order valence-corrected chi connectivity index (χ0v) is 10.5. The molecule has 1 atom stereocenters. The molecule has 18 heavy (non-hydrogen) atoms. The zero-order chi connectivity index (χ0) is 13.1. The maximum absolute atomic E-state index is 10.9. The third kappa shape index (κ3) is 2.59. The molecule has 1 heterocycles. The van der Waals surface area contributed by atoms with Crippen LogP contribution in [0.1, 0.15) is 22.7 Å². The molecule has 2 aromatic rings. The molecule has 4 heteroatoms. The fourth-order valence-electron chi connectivity index (χ4n) is 2.15. The molecule has 1 aromatic carbocycles. The Morgan fingerprint density at radius 2 is 1.94 bits per heavy atom. The molecule has 1 aromatic heterocycles. The van der Waals surface area contributed by atoms with E-state index in [9.17, 15) is 10.1 Å². The fourth-order valence-corrected chi connectivity index (χ4v) is 2.15. The predicted molar refractivity (Wildman–Crippen MR) is 70.3 cm³/mol. The van der Waals surface area contributed by atoms with Crippen molar-refractivity contribution in [3.8, 4) is 0 Å². The number of hydrogen-bond acceptors (Lipinski definition) is 2. The SMILES string of the molecule is Cc1ccc(C(C[N+](=O)[O-])c2cccn2C)cc1. The average molecular weight is 244 g/mol. The van der Waals surface area contributed by atoms with Crippen LogP contribution >= 0.6 is 0 Å². The van der Waals surface area contributed by atoms with Crippen molar-refractivity contribution < 1.29 is 4.92 Å². The van der Waals surface area contributed by atoms with E-state index in [2.05, 4.69) is 0 Å². The minimum atomic E-state index is -0.252. The van der Waals surface area contributed by atoms with Gasteiger partial charge < -0.3 is 4.57 Å². The smallest absolute Gasteiger partial charge is 0.216 e. The first-order chi connectivity index (χ1) is 8.58. The van der Waals surface area contributed by atoms with Crippen molar-refractivity contribution >= 4 is 0 Å². The number of benzene rings is 1. The first-order valence-corrected chi connectivity index (χ1v) is 5.87. The van der Waals surface area contributed by atoms with Crippen LogP contribution in [0.5, 0.6) is 0 Å². The Bertz CT molecular complexity index is 543. The molecule has 0 aliphatic carbocycles. The molecule has 2 rings (SSSR count). The molecule has 0 amide bonds. The quantitative estimate of drug-likeness (QED) is 0.613. The summed E-state index contributed by atoms with van der Waals surface area (Å²) in [5.74, 6) is -0.194. The summed E-state index contributed by atoms with van der Waals surface area (Å²) >= 11 is 0. The Morgan fingerprint density at radius 1 is 1.28 bits per heavy atom. The minimum absolute atomic E-state index is 0.0824. The van der Waals surface area contributed by atoms with Crippen LogP contribution in [0.3, 0.4) is 0 Å². The Kier molecular flexibility index (Phi) is 3.46. The van der Waals surface area contributed by atoms with Crippen molar-refractivity contribution in [2.24, 2.45) is 7.05 Å². The highest BCUT2D eigenvalue weighted by atomic mass is 16.6. The highest BCUT2D eigenvalue weighted by Gasteiger charge is 2.22. The molecule has 94 valence electrons. The molecule has 0 aliphatic heterocycles. The Labute approximate surface area is 106 Å². The first kappa shape index (κ1) is 12.4. The van der Waals surface area contributed by atoms with E-state index in [1.807, 2.05) is 61.1 Å². The summed E-state index contributed by atoms with van der Waals surface area (Å²) in [6.07, 6.45) is 1.91. The van der Waals surface area contributed by atoms with Gasteiger partial charge in [0.05, 0.1) is 5.92 Å². The number of hydrogen-bond donors (Lipinski definition) is 0. The van der Waals surface area contributed by atoms with Crippen LogP contribution < -0.4 is 0 Å². The summed E-state index contributed by atoms with van der Waals surface area (Å²) in [6.45, 7) is 1.93. The van der Waals surface area contributed by atoms with Crippen molar-refractivity contribution in [1.29, 1.82) is 0 Å². The number of aromatic nitrogens is 1. The zero-order valence-electron chi connectivity index (χ0n) is 10.5. The van der Waals surface area contributed by atoms with Gasteiger partial charge in [-0.2, -0.15) is 0 Å². The van der Waals surface area contributed by atoms with Gasteiger partial charge in [-0.05, 0) is 24.6 Å². The third-order valence-electron chi connectivity index (χ3n) is 3.15. The third-order valence-corrected chi connectivity index (χ3v) is 3.15. The maximum Gasteiger partial charge on any atom is 0.216 e. The van der Waals surface area contributed by atoms with Gasteiger partial charge in [0.25, 0.3) is 0 Å². The summed E-state index contributed by atoms with van der Waals surface area (Å²) in [6, 6.07) is 11.8. The summed E-state index contributed by atoms with van der Waals surface area (Å²) in [5, 5.41) is 10.9. The van der Waals surface area contributed by atoms with Gasteiger partial charge in [-0.1, -0.05) is 29.8 Å². The number of aryl methyl sites for hydroxylation is 2. The molecule has 0 spiro atoms. The number of nitrogens with zero attached hydrogens (tertiary/aromatic N) is 2. The standard InChI is InChI=1S/C14H16N2O2/c1-11-5-7-12(8-6-11)13(10-16(17)18)14-4-3-9-15(14)2/h3-9,13H,10H2,1-2H3. The van der Waals surface area contributed by atoms with Gasteiger partial charge in [0.1, 0.15) is 0 Å². The fraction of sp³-hybridized carbons (Fsp3) is 0.286. The molecule has 0 bridgehead atoms. The van der Waals surface area contributed by atoms with Crippen molar-refractivity contribution in [1.82, 2.24) is 4.57 Å². The van der Waals surface area contributed by atoms with E-state index in [-0.39, 0.29) is 17.4 Å². The van der Waals surface area contributed by atoms with E-state index in [1.54, 1.807) is 0 Å². The number of nitro groups is 1. The topological polar surface area (TPSA) is 48.1 Å². The second-order valence-electron chi connectivity index (χ2n) is 4.52. The first-order valence-electron chi connectivity index (χ1n) is 5.87. The summed E-state index contributed by atoms with van der Waals surface area (Å²) < 4.78 is 1.94. The summed E-state index contributed by atoms with van der Waals surface area (Å²) in [5.41, 5.74) is 3.11. The van der Waals surface area contributed by atoms with Gasteiger partial charge in [0.2, 0.25) is 6.54 Å². The van der Waals surface area contributed by atoms with Crippen LogP contribution in [-0.2, 0) is 7.05 Å². The lowest BCUT2D eigenvalue weighted by Crippen LogP contribution is -2.16. The van der Waals surface area contributed by atoms with Gasteiger partial charge in [-0.3, -0.25) is 10.1 Å². The molecule has 0 radical (unpaired) electrons. The maximum atomic E-state index is 10.9. The molecule has 0 saturated heterocycles. The van der Waals surface area contributed by atoms with E-state index in [0.29, 0.717) is 0 Å². The molecular formula is C14H16N2O2. The predicted octanol–water partition coefficient (Wildman–Crippen LogP) is 2.74. The molecule has 0 fully saturated rings. The lowest BCUT2D eigenvalue weighted by atomic mass is 9.95. The van der Waals surface area contributed by atoms with Crippen LogP contribution in [-0.4, -0.2) is 16.0 Å². The second kappa shape index (κ2) is 5.04. The number of rotatable bonds is 4. The van der Waals surface area contributed by atoms with E-state index < -0.39 is 0 Å². The summed E-state index contributed by atoms with van der Waals surface area (Å²) in [4.78, 5) is 10.6. The average Bonchev–Trinajstić information content (AvgIpc) is 2.73. The monoisotopic (exact) mass is 244 g/mol. The lowest BCUT2D eigenvalue weighted by molar-refractivity contribution is -0.482. The molecule has 0 saturated carbocycles. The Morgan fingerprint density at radius 3 is 2.44 bits per heavy atom. The van der Waals surface area contributed by atoms with Gasteiger partial charge in [-0.15, -0.1) is 0 Å². The van der Waals surface area contributed by atoms with Crippen LogP contribution in [0.4, 0.5) is 0 Å². The van der Waals surface area contributed by atoms with E-state index >= 15 is 0 Å². The van der Waals surface area contributed by atoms with Crippen LogP contribution in [0.15, 0.2) is 42.6 Å². The van der Waals surface area contributed by atoms with E-state index in [1.165, 1.54) is 0 Å². The second-order valence-corrected chi connectivity index (χ2v) is 4.52. The largest absolute Gasteiger partial charge is 0.354 e. The minimum Gasteiger partial charge on any atom is -0.354 e. The molecule has 4 nitrogen and oxygen atoms in total. The van der Waals surface area contributed by atoms with Crippen LogP contribution in [0.2, 0.25) is 0 Å². The van der Waals surface area contributed by atoms with Gasteiger partial charge in [-0.25, -0.2) is 0 Å². The molecule has 0 aliphatic rings. The molecular weight excluding hydrogens is 228 g/mol. The highest BCUT2D eigenvalue weighted by molar-refractivity contribution is 5.31. The van der Waals surface area contributed by atoms with E-state index in [0.717, 1.165) is 16.8 Å². The van der Waals surface area contributed by atoms with Gasteiger partial charge >= 0.3 is 0 Å². The van der Waals surface area contributed by atoms with Crippen molar-refractivity contribution in [3.05, 3.63) is 69.5 Å². The van der Waals surface area contributed by atoms with Crippen LogP contribution in [0, 0.1) is 17.0 Å². The normalized spacial score (nSPS) is 12.3.